The largest absolute Gasteiger partial charge is 0.376 e. The molecule has 5 nitrogen and oxygen atoms in total. The quantitative estimate of drug-likeness (QED) is 0.879. The zero-order valence-electron chi connectivity index (χ0n) is 15.7. The van der Waals surface area contributed by atoms with Gasteiger partial charge in [0.15, 0.2) is 0 Å². The van der Waals surface area contributed by atoms with E-state index < -0.39 is 0 Å². The number of ether oxygens (including phenoxy) is 1. The van der Waals surface area contributed by atoms with Crippen LogP contribution in [0.2, 0.25) is 0 Å². The Kier molecular flexibility index (Phi) is 5.68. The number of hydrogen-bond donors (Lipinski definition) is 1. The molecule has 2 fully saturated rings. The minimum atomic E-state index is -0.0457. The lowest BCUT2D eigenvalue weighted by molar-refractivity contribution is 0.0858. The van der Waals surface area contributed by atoms with E-state index in [9.17, 15) is 4.79 Å². The molecule has 1 N–H and O–H groups in total. The third-order valence-corrected chi connectivity index (χ3v) is 5.42. The molecule has 5 heteroatoms. The van der Waals surface area contributed by atoms with Gasteiger partial charge >= 0.3 is 0 Å². The fourth-order valence-corrected chi connectivity index (χ4v) is 3.79. The molecule has 0 radical (unpaired) electrons. The minimum Gasteiger partial charge on any atom is -0.376 e. The Morgan fingerprint density at radius 2 is 1.81 bits per heavy atom. The fourth-order valence-electron chi connectivity index (χ4n) is 3.79. The van der Waals surface area contributed by atoms with Crippen LogP contribution in [0.1, 0.15) is 42.5 Å². The van der Waals surface area contributed by atoms with Crippen molar-refractivity contribution in [2.45, 2.75) is 38.2 Å². The Hall–Kier alpha value is -2.40. The predicted molar refractivity (Wildman–Crippen MR) is 107 cm³/mol. The molecule has 27 heavy (non-hydrogen) atoms. The summed E-state index contributed by atoms with van der Waals surface area (Å²) in [5.74, 6) is 1.01. The summed E-state index contributed by atoms with van der Waals surface area (Å²) in [6.07, 6.45) is 8.02. The minimum absolute atomic E-state index is 0.0457. The van der Waals surface area contributed by atoms with Crippen molar-refractivity contribution in [2.75, 3.05) is 31.1 Å². The van der Waals surface area contributed by atoms with E-state index >= 15 is 0 Å². The summed E-state index contributed by atoms with van der Waals surface area (Å²) in [5, 5.41) is 2.96. The number of carbonyl (C=O) groups excluding carboxylic acids is 1. The van der Waals surface area contributed by atoms with Crippen molar-refractivity contribution < 1.29 is 9.53 Å². The van der Waals surface area contributed by atoms with Crippen LogP contribution in [-0.4, -0.2) is 43.2 Å². The number of nitrogens with zero attached hydrogens (tertiary/aromatic N) is 2. The summed E-state index contributed by atoms with van der Waals surface area (Å²) in [6.45, 7) is 3.59. The van der Waals surface area contributed by atoms with Crippen molar-refractivity contribution in [1.82, 2.24) is 10.3 Å². The molecule has 4 rings (SSSR count). The van der Waals surface area contributed by atoms with Gasteiger partial charge in [-0.3, -0.25) is 4.79 Å². The van der Waals surface area contributed by atoms with E-state index in [1.54, 1.807) is 0 Å². The molecule has 2 aromatic rings. The standard InChI is InChI=1S/C22H27N3O2/c26-22(24-16-20-5-4-14-27-20)18-8-6-17(7-9-18)19-10-11-21(23-15-19)25-12-2-1-3-13-25/h6-11,15,20H,1-5,12-14,16H2,(H,24,26)/t20-/m0/s1. The Bertz CT molecular complexity index is 746. The molecule has 2 aliphatic heterocycles. The van der Waals surface area contributed by atoms with E-state index in [2.05, 4.69) is 27.3 Å². The Morgan fingerprint density at radius 1 is 1.04 bits per heavy atom. The van der Waals surface area contributed by atoms with Gasteiger partial charge in [-0.15, -0.1) is 0 Å². The van der Waals surface area contributed by atoms with Crippen molar-refractivity contribution in [3.8, 4) is 11.1 Å². The van der Waals surface area contributed by atoms with Crippen LogP contribution < -0.4 is 10.2 Å². The number of amides is 1. The van der Waals surface area contributed by atoms with Crippen LogP contribution in [0.3, 0.4) is 0 Å². The van der Waals surface area contributed by atoms with Crippen molar-refractivity contribution in [2.24, 2.45) is 0 Å². The molecule has 1 aromatic heterocycles. The maximum Gasteiger partial charge on any atom is 0.251 e. The lowest BCUT2D eigenvalue weighted by Crippen LogP contribution is -2.31. The fraction of sp³-hybridized carbons (Fsp3) is 0.455. The van der Waals surface area contributed by atoms with Crippen molar-refractivity contribution in [1.29, 1.82) is 0 Å². The lowest BCUT2D eigenvalue weighted by Gasteiger charge is -2.27. The molecule has 0 aliphatic carbocycles. The maximum absolute atomic E-state index is 12.3. The van der Waals surface area contributed by atoms with Gasteiger partial charge in [-0.05, 0) is 61.9 Å². The second kappa shape index (κ2) is 8.53. The third kappa shape index (κ3) is 4.48. The summed E-state index contributed by atoms with van der Waals surface area (Å²) < 4.78 is 5.54. The molecule has 3 heterocycles. The van der Waals surface area contributed by atoms with Crippen molar-refractivity contribution >= 4 is 11.7 Å². The van der Waals surface area contributed by atoms with Crippen LogP contribution in [0.5, 0.6) is 0 Å². The van der Waals surface area contributed by atoms with Gasteiger partial charge in [-0.1, -0.05) is 12.1 Å². The van der Waals surface area contributed by atoms with Crippen LogP contribution in [0.25, 0.3) is 11.1 Å². The number of carbonyl (C=O) groups is 1. The molecule has 2 aliphatic rings. The van der Waals surface area contributed by atoms with Gasteiger partial charge in [-0.2, -0.15) is 0 Å². The molecular formula is C22H27N3O2. The SMILES string of the molecule is O=C(NC[C@@H]1CCCO1)c1ccc(-c2ccc(N3CCCCC3)nc2)cc1. The van der Waals surface area contributed by atoms with E-state index in [1.165, 1.54) is 19.3 Å². The van der Waals surface area contributed by atoms with Gasteiger partial charge in [0.1, 0.15) is 5.82 Å². The Morgan fingerprint density at radius 3 is 2.48 bits per heavy atom. The first-order valence-corrected chi connectivity index (χ1v) is 10.0. The van der Waals surface area contributed by atoms with Crippen LogP contribution in [-0.2, 0) is 4.74 Å². The van der Waals surface area contributed by atoms with Gasteiger partial charge in [0.05, 0.1) is 6.10 Å². The maximum atomic E-state index is 12.3. The number of anilines is 1. The highest BCUT2D eigenvalue weighted by Crippen LogP contribution is 2.23. The number of pyridine rings is 1. The number of piperidine rings is 1. The second-order valence-electron chi connectivity index (χ2n) is 7.38. The van der Waals surface area contributed by atoms with E-state index in [1.807, 2.05) is 30.5 Å². The van der Waals surface area contributed by atoms with E-state index in [0.717, 1.165) is 49.5 Å². The number of nitrogens with one attached hydrogen (secondary N) is 1. The molecule has 2 saturated heterocycles. The first kappa shape index (κ1) is 18.0. The summed E-state index contributed by atoms with van der Waals surface area (Å²) in [7, 11) is 0. The lowest BCUT2D eigenvalue weighted by atomic mass is 10.0. The summed E-state index contributed by atoms with van der Waals surface area (Å²) in [5.41, 5.74) is 2.82. The first-order valence-electron chi connectivity index (χ1n) is 10.0. The smallest absolute Gasteiger partial charge is 0.251 e. The zero-order chi connectivity index (χ0) is 18.5. The van der Waals surface area contributed by atoms with Gasteiger partial charge < -0.3 is 15.0 Å². The highest BCUT2D eigenvalue weighted by atomic mass is 16.5. The normalized spacial score (nSPS) is 19.9. The molecule has 0 bridgehead atoms. The molecule has 142 valence electrons. The summed E-state index contributed by atoms with van der Waals surface area (Å²) in [6, 6.07) is 11.9. The summed E-state index contributed by atoms with van der Waals surface area (Å²) >= 11 is 0. The number of hydrogen-bond acceptors (Lipinski definition) is 4. The number of benzene rings is 1. The average molecular weight is 365 g/mol. The molecule has 1 aromatic carbocycles. The average Bonchev–Trinajstić information content (AvgIpc) is 3.27. The molecule has 1 atom stereocenters. The van der Waals surface area contributed by atoms with E-state index in [-0.39, 0.29) is 12.0 Å². The monoisotopic (exact) mass is 365 g/mol. The summed E-state index contributed by atoms with van der Waals surface area (Å²) in [4.78, 5) is 19.3. The second-order valence-corrected chi connectivity index (χ2v) is 7.38. The van der Waals surface area contributed by atoms with Crippen molar-refractivity contribution in [3.63, 3.8) is 0 Å². The molecule has 0 saturated carbocycles. The van der Waals surface area contributed by atoms with Gasteiger partial charge in [0.2, 0.25) is 0 Å². The van der Waals surface area contributed by atoms with Gasteiger partial charge in [0, 0.05) is 43.6 Å². The van der Waals surface area contributed by atoms with Crippen LogP contribution >= 0.6 is 0 Å². The Labute approximate surface area is 160 Å². The molecule has 0 spiro atoms. The first-order chi connectivity index (χ1) is 13.3. The molecule has 0 unspecified atom stereocenters. The predicted octanol–water partition coefficient (Wildman–Crippen LogP) is 3.65. The highest BCUT2D eigenvalue weighted by Gasteiger charge is 2.17. The van der Waals surface area contributed by atoms with Crippen LogP contribution in [0.4, 0.5) is 5.82 Å². The molecule has 1 amide bonds. The van der Waals surface area contributed by atoms with E-state index in [0.29, 0.717) is 12.1 Å². The Balaban J connectivity index is 1.37. The van der Waals surface area contributed by atoms with Crippen LogP contribution in [0.15, 0.2) is 42.6 Å². The number of aromatic nitrogens is 1. The third-order valence-electron chi connectivity index (χ3n) is 5.42. The van der Waals surface area contributed by atoms with Crippen LogP contribution in [0, 0.1) is 0 Å². The number of rotatable bonds is 5. The highest BCUT2D eigenvalue weighted by molar-refractivity contribution is 5.94. The van der Waals surface area contributed by atoms with E-state index in [4.69, 9.17) is 4.74 Å². The molecular weight excluding hydrogens is 338 g/mol. The van der Waals surface area contributed by atoms with Gasteiger partial charge in [-0.25, -0.2) is 4.98 Å². The van der Waals surface area contributed by atoms with Crippen molar-refractivity contribution in [3.05, 3.63) is 48.2 Å². The van der Waals surface area contributed by atoms with Gasteiger partial charge in [0.25, 0.3) is 5.91 Å². The zero-order valence-corrected chi connectivity index (χ0v) is 15.7. The topological polar surface area (TPSA) is 54.5 Å².